The number of fused-ring (bicyclic) bond motifs is 1. The average molecular weight is 403 g/mol. The highest BCUT2D eigenvalue weighted by molar-refractivity contribution is 5.62. The third kappa shape index (κ3) is 6.66. The lowest BCUT2D eigenvalue weighted by atomic mass is 9.94. The van der Waals surface area contributed by atoms with E-state index in [-0.39, 0.29) is 5.60 Å². The minimum Gasteiger partial charge on any atom is -0.489 e. The van der Waals surface area contributed by atoms with Gasteiger partial charge in [0.1, 0.15) is 23.7 Å². The zero-order valence-electron chi connectivity index (χ0n) is 18.8. The van der Waals surface area contributed by atoms with Gasteiger partial charge in [-0.1, -0.05) is 59.7 Å². The van der Waals surface area contributed by atoms with Crippen LogP contribution in [0.25, 0.3) is 6.08 Å². The Morgan fingerprint density at radius 3 is 2.57 bits per heavy atom. The predicted molar refractivity (Wildman–Crippen MR) is 127 cm³/mol. The first-order valence-corrected chi connectivity index (χ1v) is 10.9. The van der Waals surface area contributed by atoms with Gasteiger partial charge in [-0.05, 0) is 83.2 Å². The van der Waals surface area contributed by atoms with Gasteiger partial charge in [0.05, 0.1) is 0 Å². The third-order valence-electron chi connectivity index (χ3n) is 5.41. The summed E-state index contributed by atoms with van der Waals surface area (Å²) in [7, 11) is 0. The summed E-state index contributed by atoms with van der Waals surface area (Å²) in [6, 6.07) is 16.3. The van der Waals surface area contributed by atoms with E-state index < -0.39 is 0 Å². The first kappa shape index (κ1) is 22.0. The van der Waals surface area contributed by atoms with E-state index in [0.29, 0.717) is 6.61 Å². The van der Waals surface area contributed by atoms with Gasteiger partial charge in [0.25, 0.3) is 0 Å². The molecule has 0 bridgehead atoms. The summed E-state index contributed by atoms with van der Waals surface area (Å²) < 4.78 is 12.3. The maximum atomic E-state index is 6.35. The molecule has 2 heteroatoms. The van der Waals surface area contributed by atoms with Crippen LogP contribution in [0.2, 0.25) is 0 Å². The molecular formula is C28H34O2. The maximum Gasteiger partial charge on any atom is 0.128 e. The fourth-order valence-corrected chi connectivity index (χ4v) is 3.56. The van der Waals surface area contributed by atoms with Crippen molar-refractivity contribution in [1.82, 2.24) is 0 Å². The van der Waals surface area contributed by atoms with Crippen LogP contribution in [-0.2, 0) is 6.61 Å². The molecule has 2 aromatic rings. The van der Waals surface area contributed by atoms with E-state index in [1.165, 1.54) is 16.7 Å². The normalized spacial score (nSPS) is 17.8. The Balaban J connectivity index is 1.53. The molecular weight excluding hydrogens is 368 g/mol. The second-order valence-corrected chi connectivity index (χ2v) is 8.63. The van der Waals surface area contributed by atoms with Gasteiger partial charge in [-0.3, -0.25) is 0 Å². The van der Waals surface area contributed by atoms with E-state index >= 15 is 0 Å². The lowest BCUT2D eigenvalue weighted by molar-refractivity contribution is 0.128. The summed E-state index contributed by atoms with van der Waals surface area (Å²) in [6.45, 7) is 9.27. The number of hydrogen-bond acceptors (Lipinski definition) is 2. The van der Waals surface area contributed by atoms with Crippen molar-refractivity contribution in [2.45, 2.75) is 65.6 Å². The van der Waals surface area contributed by atoms with E-state index in [1.807, 2.05) is 30.3 Å². The second-order valence-electron chi connectivity index (χ2n) is 8.63. The number of allylic oxidation sites excluding steroid dienone is 4. The van der Waals surface area contributed by atoms with Crippen molar-refractivity contribution in [2.75, 3.05) is 0 Å². The molecule has 0 radical (unpaired) electrons. The lowest BCUT2D eigenvalue weighted by Crippen LogP contribution is -2.31. The van der Waals surface area contributed by atoms with Crippen LogP contribution in [-0.4, -0.2) is 5.60 Å². The largest absolute Gasteiger partial charge is 0.489 e. The highest BCUT2D eigenvalue weighted by Crippen LogP contribution is 2.35. The second kappa shape index (κ2) is 10.3. The molecule has 0 N–H and O–H groups in total. The van der Waals surface area contributed by atoms with Crippen molar-refractivity contribution in [1.29, 1.82) is 0 Å². The molecule has 158 valence electrons. The highest BCUT2D eigenvalue weighted by Gasteiger charge is 2.26. The SMILES string of the molecule is CC(C)=CCC/C(C)=C/CC[C@@]1(C)C=Cc2cc(OCc3ccccc3)ccc2O1. The fraction of sp³-hybridized carbons (Fsp3) is 0.357. The number of rotatable bonds is 9. The van der Waals surface area contributed by atoms with Gasteiger partial charge in [-0.25, -0.2) is 0 Å². The zero-order valence-corrected chi connectivity index (χ0v) is 18.8. The van der Waals surface area contributed by atoms with Gasteiger partial charge in [0.15, 0.2) is 0 Å². The van der Waals surface area contributed by atoms with Crippen LogP contribution in [0.4, 0.5) is 0 Å². The van der Waals surface area contributed by atoms with Crippen LogP contribution in [0, 0.1) is 0 Å². The van der Waals surface area contributed by atoms with E-state index in [9.17, 15) is 0 Å². The van der Waals surface area contributed by atoms with Crippen molar-refractivity contribution in [3.63, 3.8) is 0 Å². The van der Waals surface area contributed by atoms with Gasteiger partial charge in [-0.2, -0.15) is 0 Å². The molecule has 0 saturated carbocycles. The molecule has 0 aliphatic carbocycles. The number of benzene rings is 2. The van der Waals surface area contributed by atoms with Gasteiger partial charge >= 0.3 is 0 Å². The Morgan fingerprint density at radius 1 is 1.00 bits per heavy atom. The maximum absolute atomic E-state index is 6.35. The zero-order chi connectivity index (χ0) is 21.4. The summed E-state index contributed by atoms with van der Waals surface area (Å²) in [5.74, 6) is 1.79. The Kier molecular flexibility index (Phi) is 7.57. The molecule has 2 nitrogen and oxygen atoms in total. The first-order valence-electron chi connectivity index (χ1n) is 10.9. The van der Waals surface area contributed by atoms with E-state index in [4.69, 9.17) is 9.47 Å². The minimum atomic E-state index is -0.268. The van der Waals surface area contributed by atoms with Gasteiger partial charge < -0.3 is 9.47 Å². The molecule has 30 heavy (non-hydrogen) atoms. The Labute approximate surface area is 181 Å². The molecule has 0 fully saturated rings. The van der Waals surface area contributed by atoms with Crippen LogP contribution < -0.4 is 9.47 Å². The highest BCUT2D eigenvalue weighted by atomic mass is 16.5. The summed E-state index contributed by atoms with van der Waals surface area (Å²) in [5.41, 5.74) is 4.82. The molecule has 2 aromatic carbocycles. The monoisotopic (exact) mass is 402 g/mol. The Hall–Kier alpha value is -2.74. The predicted octanol–water partition coefficient (Wildman–Crippen LogP) is 7.90. The van der Waals surface area contributed by atoms with Gasteiger partial charge in [-0.15, -0.1) is 0 Å². The van der Waals surface area contributed by atoms with Crippen molar-refractivity contribution >= 4 is 6.08 Å². The molecule has 0 unspecified atom stereocenters. The quantitative estimate of drug-likeness (QED) is 0.397. The summed E-state index contributed by atoms with van der Waals surface area (Å²) >= 11 is 0. The third-order valence-corrected chi connectivity index (χ3v) is 5.41. The van der Waals surface area contributed by atoms with Gasteiger partial charge in [0, 0.05) is 5.56 Å². The molecule has 0 amide bonds. The topological polar surface area (TPSA) is 18.5 Å². The molecule has 1 heterocycles. The van der Waals surface area contributed by atoms with Crippen LogP contribution in [0.1, 0.15) is 64.5 Å². The molecule has 0 aromatic heterocycles. The number of hydrogen-bond donors (Lipinski definition) is 0. The molecule has 1 aliphatic rings. The minimum absolute atomic E-state index is 0.268. The average Bonchev–Trinajstić information content (AvgIpc) is 2.72. The van der Waals surface area contributed by atoms with Crippen LogP contribution in [0.15, 0.2) is 77.9 Å². The van der Waals surface area contributed by atoms with Gasteiger partial charge in [0.2, 0.25) is 0 Å². The van der Waals surface area contributed by atoms with Crippen LogP contribution >= 0.6 is 0 Å². The van der Waals surface area contributed by atoms with Crippen molar-refractivity contribution in [3.05, 3.63) is 89.0 Å². The standard InChI is InChI=1S/C28H34O2/c1-22(2)10-8-11-23(3)12-9-18-28(4)19-17-25-20-26(15-16-27(25)30-28)29-21-24-13-6-5-7-14-24/h5-7,10,12-17,19-20H,8-9,11,18,21H2,1-4H3/b23-12+/t28-/m0/s1. The Morgan fingerprint density at radius 2 is 1.80 bits per heavy atom. The van der Waals surface area contributed by atoms with Crippen molar-refractivity contribution < 1.29 is 9.47 Å². The van der Waals surface area contributed by atoms with E-state index in [1.54, 1.807) is 0 Å². The number of ether oxygens (including phenoxy) is 2. The molecule has 0 spiro atoms. The summed E-state index contributed by atoms with van der Waals surface area (Å²) in [5, 5.41) is 0. The van der Waals surface area contributed by atoms with Crippen LogP contribution in [0.3, 0.4) is 0 Å². The van der Waals surface area contributed by atoms with E-state index in [0.717, 1.165) is 42.7 Å². The van der Waals surface area contributed by atoms with Crippen LogP contribution in [0.5, 0.6) is 11.5 Å². The fourth-order valence-electron chi connectivity index (χ4n) is 3.56. The molecule has 0 saturated heterocycles. The smallest absolute Gasteiger partial charge is 0.128 e. The Bertz CT molecular complexity index is 917. The first-order chi connectivity index (χ1) is 14.4. The lowest BCUT2D eigenvalue weighted by Gasteiger charge is -2.31. The summed E-state index contributed by atoms with van der Waals surface area (Å²) in [6.07, 6.45) is 13.3. The van der Waals surface area contributed by atoms with E-state index in [2.05, 4.69) is 70.2 Å². The molecule has 1 aliphatic heterocycles. The molecule has 1 atom stereocenters. The van der Waals surface area contributed by atoms with Crippen molar-refractivity contribution in [2.24, 2.45) is 0 Å². The molecule has 3 rings (SSSR count). The summed E-state index contributed by atoms with van der Waals surface area (Å²) in [4.78, 5) is 0. The van der Waals surface area contributed by atoms with Crippen molar-refractivity contribution in [3.8, 4) is 11.5 Å².